The van der Waals surface area contributed by atoms with Crippen molar-refractivity contribution in [2.24, 2.45) is 12.8 Å². The van der Waals surface area contributed by atoms with Gasteiger partial charge in [-0.2, -0.15) is 5.10 Å². The molecule has 0 radical (unpaired) electrons. The fourth-order valence-corrected chi connectivity index (χ4v) is 1.87. The average molecular weight is 213 g/mol. The van der Waals surface area contributed by atoms with E-state index >= 15 is 0 Å². The number of alkyl halides is 1. The minimum atomic E-state index is -1.05. The van der Waals surface area contributed by atoms with E-state index in [0.717, 1.165) is 12.1 Å². The molecular formula is C10H16FN3O. The quantitative estimate of drug-likeness (QED) is 0.755. The van der Waals surface area contributed by atoms with E-state index in [0.29, 0.717) is 6.42 Å². The molecule has 2 N–H and O–H groups in total. The van der Waals surface area contributed by atoms with Crippen molar-refractivity contribution >= 4 is 0 Å². The van der Waals surface area contributed by atoms with Crippen molar-refractivity contribution in [2.45, 2.75) is 31.2 Å². The highest BCUT2D eigenvalue weighted by Crippen LogP contribution is 2.27. The molecule has 2 rings (SSSR count). The summed E-state index contributed by atoms with van der Waals surface area (Å²) in [6, 6.07) is 1.50. The average Bonchev–Trinajstić information content (AvgIpc) is 2.57. The molecule has 15 heavy (non-hydrogen) atoms. The Morgan fingerprint density at radius 2 is 2.40 bits per heavy atom. The van der Waals surface area contributed by atoms with Crippen LogP contribution in [0.3, 0.4) is 0 Å². The largest absolute Gasteiger partial charge is 0.369 e. The summed E-state index contributed by atoms with van der Waals surface area (Å²) in [7, 11) is 1.86. The molecule has 1 aromatic rings. The monoisotopic (exact) mass is 213 g/mol. The van der Waals surface area contributed by atoms with Crippen LogP contribution in [0.4, 0.5) is 4.39 Å². The van der Waals surface area contributed by atoms with Crippen molar-refractivity contribution in [3.8, 4) is 0 Å². The molecule has 0 spiro atoms. The molecule has 1 aromatic heterocycles. The second kappa shape index (κ2) is 4.28. The van der Waals surface area contributed by atoms with Crippen LogP contribution in [0.25, 0.3) is 0 Å². The van der Waals surface area contributed by atoms with Gasteiger partial charge in [0.2, 0.25) is 0 Å². The van der Waals surface area contributed by atoms with Crippen LogP contribution in [0.1, 0.15) is 24.6 Å². The van der Waals surface area contributed by atoms with Gasteiger partial charge in [-0.1, -0.05) is 0 Å². The van der Waals surface area contributed by atoms with E-state index in [2.05, 4.69) is 5.10 Å². The Kier molecular flexibility index (Phi) is 3.02. The lowest BCUT2D eigenvalue weighted by Crippen LogP contribution is -2.32. The molecule has 0 aliphatic carbocycles. The molecule has 0 aromatic carbocycles. The Morgan fingerprint density at radius 3 is 3.07 bits per heavy atom. The fraction of sp³-hybridized carbons (Fsp3) is 0.700. The first-order valence-electron chi connectivity index (χ1n) is 5.17. The van der Waals surface area contributed by atoms with Gasteiger partial charge in [0.15, 0.2) is 0 Å². The summed E-state index contributed by atoms with van der Waals surface area (Å²) in [5, 5.41) is 4.07. The maximum atomic E-state index is 13.3. The lowest BCUT2D eigenvalue weighted by molar-refractivity contribution is 0.0243. The first-order valence-corrected chi connectivity index (χ1v) is 5.17. The van der Waals surface area contributed by atoms with Gasteiger partial charge in [0.05, 0.1) is 18.4 Å². The summed E-state index contributed by atoms with van der Waals surface area (Å²) in [6.07, 6.45) is 1.99. The standard InChI is InChI=1S/C10H16FN3O/c1-14-9(4-5-13-14)10-3-2-8(12)7(11)6-15-10/h4-5,7-8,10H,2-3,6,12H2,1H3/t7-,8+,10-/m0/s1. The summed E-state index contributed by atoms with van der Waals surface area (Å²) >= 11 is 0. The van der Waals surface area contributed by atoms with E-state index in [1.54, 1.807) is 10.9 Å². The number of nitrogens with zero attached hydrogens (tertiary/aromatic N) is 2. The highest BCUT2D eigenvalue weighted by atomic mass is 19.1. The third-order valence-corrected chi connectivity index (χ3v) is 2.87. The van der Waals surface area contributed by atoms with Gasteiger partial charge in [-0.15, -0.1) is 0 Å². The van der Waals surface area contributed by atoms with Crippen molar-refractivity contribution in [1.82, 2.24) is 9.78 Å². The molecule has 5 heteroatoms. The Balaban J connectivity index is 2.09. The molecule has 0 amide bonds. The van der Waals surface area contributed by atoms with Crippen molar-refractivity contribution < 1.29 is 9.13 Å². The molecule has 3 atom stereocenters. The van der Waals surface area contributed by atoms with Gasteiger partial charge >= 0.3 is 0 Å². The predicted octanol–water partition coefficient (Wildman–Crippen LogP) is 0.937. The number of aryl methyl sites for hydroxylation is 1. The van der Waals surface area contributed by atoms with Crippen molar-refractivity contribution in [1.29, 1.82) is 0 Å². The molecule has 0 saturated carbocycles. The van der Waals surface area contributed by atoms with Crippen LogP contribution >= 0.6 is 0 Å². The maximum absolute atomic E-state index is 13.3. The zero-order valence-electron chi connectivity index (χ0n) is 8.77. The Bertz CT molecular complexity index is 316. The normalized spacial score (nSPS) is 32.6. The molecule has 1 fully saturated rings. The minimum Gasteiger partial charge on any atom is -0.369 e. The lowest BCUT2D eigenvalue weighted by Gasteiger charge is -2.14. The summed E-state index contributed by atoms with van der Waals surface area (Å²) in [4.78, 5) is 0. The number of hydrogen-bond donors (Lipinski definition) is 1. The van der Waals surface area contributed by atoms with Gasteiger partial charge in [0.1, 0.15) is 6.17 Å². The van der Waals surface area contributed by atoms with Crippen molar-refractivity contribution in [2.75, 3.05) is 6.61 Å². The molecular weight excluding hydrogens is 197 g/mol. The summed E-state index contributed by atoms with van der Waals surface area (Å²) in [6.45, 7) is 0.0804. The first kappa shape index (κ1) is 10.6. The topological polar surface area (TPSA) is 53.1 Å². The second-order valence-electron chi connectivity index (χ2n) is 3.96. The third kappa shape index (κ3) is 2.18. The number of nitrogens with two attached hydrogens (primary N) is 1. The molecule has 0 unspecified atom stereocenters. The number of ether oxygens (including phenoxy) is 1. The van der Waals surface area contributed by atoms with Crippen molar-refractivity contribution in [3.63, 3.8) is 0 Å². The van der Waals surface area contributed by atoms with Crippen LogP contribution in [-0.4, -0.2) is 28.6 Å². The van der Waals surface area contributed by atoms with Crippen LogP contribution in [-0.2, 0) is 11.8 Å². The molecule has 84 valence electrons. The molecule has 4 nitrogen and oxygen atoms in total. The Morgan fingerprint density at radius 1 is 1.60 bits per heavy atom. The van der Waals surface area contributed by atoms with Crippen LogP contribution in [0.2, 0.25) is 0 Å². The number of hydrogen-bond acceptors (Lipinski definition) is 3. The fourth-order valence-electron chi connectivity index (χ4n) is 1.87. The predicted molar refractivity (Wildman–Crippen MR) is 54.0 cm³/mol. The van der Waals surface area contributed by atoms with Crippen molar-refractivity contribution in [3.05, 3.63) is 18.0 Å². The van der Waals surface area contributed by atoms with Gasteiger partial charge in [-0.05, 0) is 18.9 Å². The summed E-state index contributed by atoms with van der Waals surface area (Å²) in [5.74, 6) is 0. The second-order valence-corrected chi connectivity index (χ2v) is 3.96. The van der Waals surface area contributed by atoms with Crippen LogP contribution in [0, 0.1) is 0 Å². The summed E-state index contributed by atoms with van der Waals surface area (Å²) in [5.41, 5.74) is 6.64. The van der Waals surface area contributed by atoms with Crippen LogP contribution in [0.15, 0.2) is 12.3 Å². The summed E-state index contributed by atoms with van der Waals surface area (Å²) < 4.78 is 20.5. The number of halogens is 1. The van der Waals surface area contributed by atoms with E-state index in [1.165, 1.54) is 0 Å². The first-order chi connectivity index (χ1) is 7.18. The number of aromatic nitrogens is 2. The molecule has 1 aliphatic rings. The van der Waals surface area contributed by atoms with Gasteiger partial charge in [0, 0.05) is 19.3 Å². The smallest absolute Gasteiger partial charge is 0.138 e. The highest BCUT2D eigenvalue weighted by molar-refractivity contribution is 5.05. The Hall–Kier alpha value is -0.940. The maximum Gasteiger partial charge on any atom is 0.138 e. The van der Waals surface area contributed by atoms with E-state index in [9.17, 15) is 4.39 Å². The van der Waals surface area contributed by atoms with E-state index in [4.69, 9.17) is 10.5 Å². The zero-order chi connectivity index (χ0) is 10.8. The van der Waals surface area contributed by atoms with E-state index in [1.807, 2.05) is 13.1 Å². The van der Waals surface area contributed by atoms with Gasteiger partial charge in [0.25, 0.3) is 0 Å². The highest BCUT2D eigenvalue weighted by Gasteiger charge is 2.27. The molecule has 2 heterocycles. The van der Waals surface area contributed by atoms with Gasteiger partial charge in [-0.3, -0.25) is 4.68 Å². The molecule has 1 aliphatic heterocycles. The van der Waals surface area contributed by atoms with E-state index < -0.39 is 12.2 Å². The van der Waals surface area contributed by atoms with Gasteiger partial charge in [-0.25, -0.2) is 4.39 Å². The Labute approximate surface area is 88.2 Å². The van der Waals surface area contributed by atoms with Crippen LogP contribution < -0.4 is 5.73 Å². The SMILES string of the molecule is Cn1nccc1[C@@H]1CC[C@@H](N)[C@@H](F)CO1. The molecule has 1 saturated heterocycles. The minimum absolute atomic E-state index is 0.0794. The van der Waals surface area contributed by atoms with Crippen LogP contribution in [0.5, 0.6) is 0 Å². The molecule has 0 bridgehead atoms. The lowest BCUT2D eigenvalue weighted by atomic mass is 10.1. The van der Waals surface area contributed by atoms with E-state index in [-0.39, 0.29) is 12.7 Å². The number of rotatable bonds is 1. The van der Waals surface area contributed by atoms with Gasteiger partial charge < -0.3 is 10.5 Å². The zero-order valence-corrected chi connectivity index (χ0v) is 8.77. The third-order valence-electron chi connectivity index (χ3n) is 2.87.